The molecule has 1 aromatic heterocycles. The van der Waals surface area contributed by atoms with E-state index in [-0.39, 0.29) is 5.91 Å². The third-order valence-electron chi connectivity index (χ3n) is 3.20. The first-order chi connectivity index (χ1) is 8.97. The van der Waals surface area contributed by atoms with Crippen molar-refractivity contribution in [2.24, 2.45) is 0 Å². The predicted octanol–water partition coefficient (Wildman–Crippen LogP) is 3.56. The van der Waals surface area contributed by atoms with Crippen molar-refractivity contribution in [2.75, 3.05) is 5.32 Å². The van der Waals surface area contributed by atoms with Crippen molar-refractivity contribution in [3.05, 3.63) is 44.9 Å². The number of carbonyl (C=O) groups is 1. The zero-order chi connectivity index (χ0) is 14.0. The van der Waals surface area contributed by atoms with Crippen LogP contribution in [0.3, 0.4) is 0 Å². The minimum atomic E-state index is 0.0143. The Morgan fingerprint density at radius 2 is 2.00 bits per heavy atom. The maximum absolute atomic E-state index is 12.1. The van der Waals surface area contributed by atoms with Crippen molar-refractivity contribution in [3.8, 4) is 0 Å². The smallest absolute Gasteiger partial charge is 0.229 e. The zero-order valence-corrected chi connectivity index (χ0v) is 12.5. The van der Waals surface area contributed by atoms with Gasteiger partial charge in [0.05, 0.1) is 17.1 Å². The minimum absolute atomic E-state index is 0.0143. The average Bonchev–Trinajstić information content (AvgIpc) is 2.64. The number of carbonyl (C=O) groups excluding carboxylic acids is 1. The highest BCUT2D eigenvalue weighted by Crippen LogP contribution is 2.20. The Kier molecular flexibility index (Phi) is 4.00. The number of amides is 1. The number of benzene rings is 1. The monoisotopic (exact) mass is 274 g/mol. The molecule has 3 nitrogen and oxygen atoms in total. The molecule has 0 bridgehead atoms. The van der Waals surface area contributed by atoms with Crippen LogP contribution in [0.2, 0.25) is 0 Å². The fourth-order valence-corrected chi connectivity index (χ4v) is 2.90. The van der Waals surface area contributed by atoms with Gasteiger partial charge >= 0.3 is 0 Å². The van der Waals surface area contributed by atoms with Crippen molar-refractivity contribution in [1.29, 1.82) is 0 Å². The van der Waals surface area contributed by atoms with Gasteiger partial charge in [0.2, 0.25) is 5.91 Å². The second-order valence-corrected chi connectivity index (χ2v) is 6.00. The second-order valence-electron chi connectivity index (χ2n) is 4.71. The largest absolute Gasteiger partial charge is 0.326 e. The molecule has 0 aliphatic rings. The molecule has 0 spiro atoms. The summed E-state index contributed by atoms with van der Waals surface area (Å²) in [6, 6.07) is 5.94. The predicted molar refractivity (Wildman–Crippen MR) is 79.8 cm³/mol. The fraction of sp³-hybridized carbons (Fsp3) is 0.333. The van der Waals surface area contributed by atoms with Crippen molar-refractivity contribution in [1.82, 2.24) is 4.98 Å². The first-order valence-corrected chi connectivity index (χ1v) is 7.08. The van der Waals surface area contributed by atoms with E-state index in [1.807, 2.05) is 45.9 Å². The molecule has 0 unspecified atom stereocenters. The van der Waals surface area contributed by atoms with Crippen LogP contribution in [0, 0.1) is 27.7 Å². The number of nitrogens with zero attached hydrogens (tertiary/aromatic N) is 1. The number of hydrogen-bond acceptors (Lipinski definition) is 3. The standard InChI is InChI=1S/C15H18N2OS/c1-9-6-5-7-13(10(9)2)17-15(18)8-14-11(3)16-12(4)19-14/h5-7H,8H2,1-4H3,(H,17,18). The molecule has 2 rings (SSSR count). The SMILES string of the molecule is Cc1nc(C)c(CC(=O)Nc2cccc(C)c2C)s1. The Morgan fingerprint density at radius 1 is 1.26 bits per heavy atom. The van der Waals surface area contributed by atoms with Gasteiger partial charge in [-0.3, -0.25) is 4.79 Å². The lowest BCUT2D eigenvalue weighted by Gasteiger charge is -2.09. The summed E-state index contributed by atoms with van der Waals surface area (Å²) in [5.74, 6) is 0.0143. The lowest BCUT2D eigenvalue weighted by Crippen LogP contribution is -2.15. The molecule has 0 aliphatic heterocycles. The van der Waals surface area contributed by atoms with Gasteiger partial charge in [-0.1, -0.05) is 12.1 Å². The molecule has 19 heavy (non-hydrogen) atoms. The van der Waals surface area contributed by atoms with Crippen LogP contribution in [-0.4, -0.2) is 10.9 Å². The molecule has 0 radical (unpaired) electrons. The quantitative estimate of drug-likeness (QED) is 0.930. The molecule has 0 aliphatic carbocycles. The Labute approximate surface area is 117 Å². The van der Waals surface area contributed by atoms with Gasteiger partial charge in [0.25, 0.3) is 0 Å². The number of thiazole rings is 1. The maximum atomic E-state index is 12.1. The van der Waals surface area contributed by atoms with Crippen LogP contribution >= 0.6 is 11.3 Å². The molecule has 1 amide bonds. The van der Waals surface area contributed by atoms with Gasteiger partial charge < -0.3 is 5.32 Å². The lowest BCUT2D eigenvalue weighted by molar-refractivity contribution is -0.115. The number of hydrogen-bond donors (Lipinski definition) is 1. The first kappa shape index (κ1) is 13.7. The normalized spacial score (nSPS) is 10.5. The molecule has 4 heteroatoms. The molecule has 0 saturated carbocycles. The van der Waals surface area contributed by atoms with Gasteiger partial charge in [0, 0.05) is 10.6 Å². The van der Waals surface area contributed by atoms with Crippen LogP contribution in [0.15, 0.2) is 18.2 Å². The fourth-order valence-electron chi connectivity index (χ4n) is 1.96. The van der Waals surface area contributed by atoms with E-state index in [4.69, 9.17) is 0 Å². The van der Waals surface area contributed by atoms with E-state index in [1.165, 1.54) is 5.56 Å². The number of rotatable bonds is 3. The molecular formula is C15H18N2OS. The highest BCUT2D eigenvalue weighted by molar-refractivity contribution is 7.11. The van der Waals surface area contributed by atoms with E-state index in [0.29, 0.717) is 6.42 Å². The molecule has 2 aromatic rings. The van der Waals surface area contributed by atoms with Gasteiger partial charge in [-0.15, -0.1) is 11.3 Å². The van der Waals surface area contributed by atoms with Gasteiger partial charge in [-0.25, -0.2) is 4.98 Å². The Balaban J connectivity index is 2.10. The Bertz CT molecular complexity index is 617. The Morgan fingerprint density at radius 3 is 2.63 bits per heavy atom. The van der Waals surface area contributed by atoms with Gasteiger partial charge in [0.15, 0.2) is 0 Å². The van der Waals surface area contributed by atoms with E-state index in [1.54, 1.807) is 11.3 Å². The van der Waals surface area contributed by atoms with E-state index >= 15 is 0 Å². The van der Waals surface area contributed by atoms with Crippen LogP contribution in [0.5, 0.6) is 0 Å². The first-order valence-electron chi connectivity index (χ1n) is 6.26. The summed E-state index contributed by atoms with van der Waals surface area (Å²) >= 11 is 1.59. The van der Waals surface area contributed by atoms with Crippen molar-refractivity contribution >= 4 is 22.9 Å². The van der Waals surface area contributed by atoms with Crippen LogP contribution in [0.4, 0.5) is 5.69 Å². The molecule has 1 heterocycles. The van der Waals surface area contributed by atoms with Gasteiger partial charge in [-0.2, -0.15) is 0 Å². The van der Waals surface area contributed by atoms with E-state index in [0.717, 1.165) is 26.8 Å². The van der Waals surface area contributed by atoms with Crippen molar-refractivity contribution < 1.29 is 4.79 Å². The molecule has 1 N–H and O–H groups in total. The Hall–Kier alpha value is -1.68. The van der Waals surface area contributed by atoms with E-state index in [2.05, 4.69) is 10.3 Å². The summed E-state index contributed by atoms with van der Waals surface area (Å²) in [4.78, 5) is 17.5. The third-order valence-corrected chi connectivity index (χ3v) is 4.27. The van der Waals surface area contributed by atoms with E-state index < -0.39 is 0 Å². The highest BCUT2D eigenvalue weighted by atomic mass is 32.1. The second kappa shape index (κ2) is 5.53. The number of anilines is 1. The molecule has 100 valence electrons. The molecular weight excluding hydrogens is 256 g/mol. The number of aromatic nitrogens is 1. The zero-order valence-electron chi connectivity index (χ0n) is 11.7. The van der Waals surface area contributed by atoms with Crippen LogP contribution in [0.1, 0.15) is 26.7 Å². The summed E-state index contributed by atoms with van der Waals surface area (Å²) in [5, 5.41) is 3.98. The average molecular weight is 274 g/mol. The summed E-state index contributed by atoms with van der Waals surface area (Å²) in [7, 11) is 0. The van der Waals surface area contributed by atoms with Crippen LogP contribution in [-0.2, 0) is 11.2 Å². The number of nitrogens with one attached hydrogen (secondary N) is 1. The summed E-state index contributed by atoms with van der Waals surface area (Å²) in [6.07, 6.45) is 0.394. The summed E-state index contributed by atoms with van der Waals surface area (Å²) in [6.45, 7) is 7.97. The van der Waals surface area contributed by atoms with Crippen molar-refractivity contribution in [2.45, 2.75) is 34.1 Å². The molecule has 0 saturated heterocycles. The highest BCUT2D eigenvalue weighted by Gasteiger charge is 2.11. The number of aryl methyl sites for hydroxylation is 3. The molecule has 0 atom stereocenters. The van der Waals surface area contributed by atoms with E-state index in [9.17, 15) is 4.79 Å². The topological polar surface area (TPSA) is 42.0 Å². The van der Waals surface area contributed by atoms with Crippen LogP contribution < -0.4 is 5.32 Å². The minimum Gasteiger partial charge on any atom is -0.326 e. The summed E-state index contributed by atoms with van der Waals surface area (Å²) < 4.78 is 0. The summed E-state index contributed by atoms with van der Waals surface area (Å²) in [5.41, 5.74) is 4.15. The molecule has 1 aromatic carbocycles. The van der Waals surface area contributed by atoms with Crippen molar-refractivity contribution in [3.63, 3.8) is 0 Å². The lowest BCUT2D eigenvalue weighted by atomic mass is 10.1. The molecule has 0 fully saturated rings. The maximum Gasteiger partial charge on any atom is 0.229 e. The van der Waals surface area contributed by atoms with Gasteiger partial charge in [0.1, 0.15) is 0 Å². The van der Waals surface area contributed by atoms with Gasteiger partial charge in [-0.05, 0) is 44.9 Å². The third kappa shape index (κ3) is 3.20. The van der Waals surface area contributed by atoms with Crippen LogP contribution in [0.25, 0.3) is 0 Å².